The molecule has 17 heavy (non-hydrogen) atoms. The number of aliphatic hydroxyl groups excluding tert-OH is 1. The van der Waals surface area contributed by atoms with Gasteiger partial charge in [0.25, 0.3) is 0 Å². The third-order valence-corrected chi connectivity index (χ3v) is 2.36. The summed E-state index contributed by atoms with van der Waals surface area (Å²) in [5.41, 5.74) is 7.29. The first kappa shape index (κ1) is 13.3. The molecule has 94 valence electrons. The second kappa shape index (κ2) is 6.10. The third-order valence-electron chi connectivity index (χ3n) is 2.36. The number of hydrogen-bond donors (Lipinski definition) is 2. The second-order valence-electron chi connectivity index (χ2n) is 3.64. The quantitative estimate of drug-likeness (QED) is 0.588. The molecule has 0 aliphatic heterocycles. The molecule has 0 aliphatic carbocycles. The fourth-order valence-corrected chi connectivity index (χ4v) is 1.53. The zero-order valence-corrected chi connectivity index (χ0v) is 10.1. The van der Waals surface area contributed by atoms with Crippen molar-refractivity contribution in [1.82, 2.24) is 0 Å². The predicted octanol–water partition coefficient (Wildman–Crippen LogP) is 0.874. The molecule has 0 atom stereocenters. The van der Waals surface area contributed by atoms with Crippen LogP contribution in [0.4, 0.5) is 11.4 Å². The van der Waals surface area contributed by atoms with Crippen molar-refractivity contribution in [2.75, 3.05) is 37.4 Å². The third kappa shape index (κ3) is 3.35. The number of hydrogen-bond acceptors (Lipinski definition) is 5. The number of likely N-dealkylation sites (N-methyl/N-ethyl adjacent to an activating group) is 1. The van der Waals surface area contributed by atoms with Gasteiger partial charge in [0.15, 0.2) is 0 Å². The van der Waals surface area contributed by atoms with Crippen LogP contribution in [0.3, 0.4) is 0 Å². The number of carbonyl (C=O) groups is 1. The normalized spacial score (nSPS) is 10.1. The van der Waals surface area contributed by atoms with E-state index < -0.39 is 5.97 Å². The summed E-state index contributed by atoms with van der Waals surface area (Å²) >= 11 is 0. The molecule has 0 aromatic heterocycles. The van der Waals surface area contributed by atoms with E-state index >= 15 is 0 Å². The average Bonchev–Trinajstić information content (AvgIpc) is 2.29. The Morgan fingerprint density at radius 2 is 2.24 bits per heavy atom. The summed E-state index contributed by atoms with van der Waals surface area (Å²) in [6.07, 6.45) is 0. The van der Waals surface area contributed by atoms with E-state index in [1.54, 1.807) is 37.1 Å². The summed E-state index contributed by atoms with van der Waals surface area (Å²) in [4.78, 5) is 13.5. The largest absolute Gasteiger partial charge is 0.462 e. The second-order valence-corrected chi connectivity index (χ2v) is 3.64. The van der Waals surface area contributed by atoms with Crippen LogP contribution in [-0.2, 0) is 4.74 Å². The number of nitrogens with zero attached hydrogens (tertiary/aromatic N) is 1. The highest BCUT2D eigenvalue weighted by Gasteiger charge is 2.15. The van der Waals surface area contributed by atoms with E-state index in [0.717, 1.165) is 0 Å². The lowest BCUT2D eigenvalue weighted by Gasteiger charge is -2.21. The molecule has 0 spiro atoms. The summed E-state index contributed by atoms with van der Waals surface area (Å²) in [6, 6.07) is 5.05. The number of ether oxygens (including phenoxy) is 1. The van der Waals surface area contributed by atoms with Gasteiger partial charge in [-0.2, -0.15) is 0 Å². The van der Waals surface area contributed by atoms with Crippen molar-refractivity contribution in [2.24, 2.45) is 0 Å². The molecule has 0 aliphatic rings. The van der Waals surface area contributed by atoms with Gasteiger partial charge in [0.05, 0.1) is 24.5 Å². The number of anilines is 2. The van der Waals surface area contributed by atoms with Gasteiger partial charge >= 0.3 is 5.97 Å². The van der Waals surface area contributed by atoms with Crippen molar-refractivity contribution in [1.29, 1.82) is 0 Å². The Kier molecular flexibility index (Phi) is 4.78. The van der Waals surface area contributed by atoms with Crippen LogP contribution in [-0.4, -0.2) is 37.9 Å². The molecule has 5 nitrogen and oxygen atoms in total. The maximum Gasteiger partial charge on any atom is 0.340 e. The van der Waals surface area contributed by atoms with E-state index in [4.69, 9.17) is 15.6 Å². The minimum absolute atomic E-state index is 0.0170. The van der Waals surface area contributed by atoms with Gasteiger partial charge in [-0.3, -0.25) is 0 Å². The Bertz CT molecular complexity index is 393. The van der Waals surface area contributed by atoms with Gasteiger partial charge in [-0.15, -0.1) is 0 Å². The average molecular weight is 238 g/mol. The zero-order valence-electron chi connectivity index (χ0n) is 10.1. The maximum atomic E-state index is 11.8. The Hall–Kier alpha value is -1.75. The number of nitrogen functional groups attached to an aromatic ring is 1. The number of rotatable bonds is 5. The number of aliphatic hydroxyl groups is 1. The van der Waals surface area contributed by atoms with Crippen molar-refractivity contribution < 1.29 is 14.6 Å². The van der Waals surface area contributed by atoms with Crippen LogP contribution < -0.4 is 10.6 Å². The van der Waals surface area contributed by atoms with Gasteiger partial charge in [0.2, 0.25) is 0 Å². The molecule has 0 heterocycles. The zero-order chi connectivity index (χ0) is 12.8. The van der Waals surface area contributed by atoms with Gasteiger partial charge in [0, 0.05) is 19.3 Å². The van der Waals surface area contributed by atoms with Gasteiger partial charge < -0.3 is 20.5 Å². The Labute approximate surface area is 101 Å². The first-order chi connectivity index (χ1) is 8.10. The lowest BCUT2D eigenvalue weighted by Crippen LogP contribution is -2.24. The van der Waals surface area contributed by atoms with Crippen molar-refractivity contribution in [2.45, 2.75) is 6.92 Å². The van der Waals surface area contributed by atoms with E-state index in [0.29, 0.717) is 30.1 Å². The summed E-state index contributed by atoms with van der Waals surface area (Å²) in [6.45, 7) is 2.53. The van der Waals surface area contributed by atoms with Crippen molar-refractivity contribution in [3.8, 4) is 0 Å². The predicted molar refractivity (Wildman–Crippen MR) is 67.2 cm³/mol. The van der Waals surface area contributed by atoms with E-state index in [1.165, 1.54) is 0 Å². The summed E-state index contributed by atoms with van der Waals surface area (Å²) < 4.78 is 4.97. The lowest BCUT2D eigenvalue weighted by molar-refractivity contribution is 0.0527. The van der Waals surface area contributed by atoms with E-state index in [1.807, 2.05) is 0 Å². The van der Waals surface area contributed by atoms with Crippen LogP contribution in [0, 0.1) is 0 Å². The van der Waals surface area contributed by atoms with Gasteiger partial charge in [-0.05, 0) is 25.1 Å². The van der Waals surface area contributed by atoms with Gasteiger partial charge in [-0.25, -0.2) is 4.79 Å². The first-order valence-corrected chi connectivity index (χ1v) is 5.48. The molecule has 1 rings (SSSR count). The molecule has 0 saturated carbocycles. The molecule has 0 fully saturated rings. The smallest absolute Gasteiger partial charge is 0.340 e. The number of esters is 1. The maximum absolute atomic E-state index is 11.8. The molecule has 1 aromatic rings. The minimum atomic E-state index is -0.403. The van der Waals surface area contributed by atoms with Gasteiger partial charge in [0.1, 0.15) is 0 Å². The standard InChI is InChI=1S/C12H18N2O3/c1-3-17-12(16)10-8-9(13)4-5-11(10)14(2)6-7-15/h4-5,8,15H,3,6-7,13H2,1-2H3. The molecule has 0 amide bonds. The number of nitrogens with two attached hydrogens (primary N) is 1. The molecule has 1 aromatic carbocycles. The van der Waals surface area contributed by atoms with Crippen molar-refractivity contribution in [3.05, 3.63) is 23.8 Å². The molecule has 5 heteroatoms. The van der Waals surface area contributed by atoms with Crippen LogP contribution in [0.25, 0.3) is 0 Å². The summed E-state index contributed by atoms with van der Waals surface area (Å²) in [7, 11) is 1.80. The van der Waals surface area contributed by atoms with Crippen LogP contribution in [0.1, 0.15) is 17.3 Å². The van der Waals surface area contributed by atoms with E-state index in [-0.39, 0.29) is 6.61 Å². The molecule has 3 N–H and O–H groups in total. The Balaban J connectivity index is 3.07. The number of benzene rings is 1. The molecule has 0 radical (unpaired) electrons. The summed E-state index contributed by atoms with van der Waals surface area (Å²) in [5, 5.41) is 8.90. The minimum Gasteiger partial charge on any atom is -0.462 e. The lowest BCUT2D eigenvalue weighted by atomic mass is 10.1. The van der Waals surface area contributed by atoms with Crippen molar-refractivity contribution >= 4 is 17.3 Å². The van der Waals surface area contributed by atoms with E-state index in [2.05, 4.69) is 0 Å². The molecule has 0 saturated heterocycles. The SMILES string of the molecule is CCOC(=O)c1cc(N)ccc1N(C)CCO. The highest BCUT2D eigenvalue weighted by Crippen LogP contribution is 2.23. The highest BCUT2D eigenvalue weighted by atomic mass is 16.5. The molecule has 0 unspecified atom stereocenters. The fraction of sp³-hybridized carbons (Fsp3) is 0.417. The first-order valence-electron chi connectivity index (χ1n) is 5.48. The van der Waals surface area contributed by atoms with Crippen LogP contribution >= 0.6 is 0 Å². The molecular weight excluding hydrogens is 220 g/mol. The Morgan fingerprint density at radius 3 is 2.82 bits per heavy atom. The molecular formula is C12H18N2O3. The van der Waals surface area contributed by atoms with E-state index in [9.17, 15) is 4.79 Å². The monoisotopic (exact) mass is 238 g/mol. The highest BCUT2D eigenvalue weighted by molar-refractivity contribution is 5.97. The van der Waals surface area contributed by atoms with Crippen molar-refractivity contribution in [3.63, 3.8) is 0 Å². The fourth-order valence-electron chi connectivity index (χ4n) is 1.53. The topological polar surface area (TPSA) is 75.8 Å². The number of carbonyl (C=O) groups excluding carboxylic acids is 1. The van der Waals surface area contributed by atoms with Crippen LogP contribution in [0.2, 0.25) is 0 Å². The Morgan fingerprint density at radius 1 is 1.53 bits per heavy atom. The molecule has 0 bridgehead atoms. The van der Waals surface area contributed by atoms with Crippen LogP contribution in [0.15, 0.2) is 18.2 Å². The van der Waals surface area contributed by atoms with Gasteiger partial charge in [-0.1, -0.05) is 0 Å². The van der Waals surface area contributed by atoms with Crippen LogP contribution in [0.5, 0.6) is 0 Å². The summed E-state index contributed by atoms with van der Waals surface area (Å²) in [5.74, 6) is -0.403.